The molecule has 3 rings (SSSR count). The Bertz CT molecular complexity index is 833. The quantitative estimate of drug-likeness (QED) is 0.846. The molecule has 140 valence electrons. The second kappa shape index (κ2) is 8.03. The molecule has 0 aromatic heterocycles. The van der Waals surface area contributed by atoms with Crippen LogP contribution in [0.2, 0.25) is 0 Å². The Morgan fingerprint density at radius 1 is 0.889 bits per heavy atom. The van der Waals surface area contributed by atoms with Crippen molar-refractivity contribution in [3.8, 4) is 0 Å². The van der Waals surface area contributed by atoms with E-state index in [1.807, 2.05) is 32.0 Å². The molecule has 1 saturated heterocycles. The van der Waals surface area contributed by atoms with Crippen LogP contribution in [0.3, 0.4) is 0 Å². The van der Waals surface area contributed by atoms with E-state index in [-0.39, 0.29) is 11.8 Å². The van der Waals surface area contributed by atoms with Crippen molar-refractivity contribution >= 4 is 23.9 Å². The topological polar surface area (TPSA) is 69.7 Å². The number of nitrogens with one attached hydrogen (secondary N) is 1. The first kappa shape index (κ1) is 18.6. The molecule has 6 nitrogen and oxygen atoms in total. The van der Waals surface area contributed by atoms with E-state index >= 15 is 0 Å². The second-order valence-electron chi connectivity index (χ2n) is 6.84. The summed E-state index contributed by atoms with van der Waals surface area (Å²) in [7, 11) is 0. The average molecular weight is 365 g/mol. The van der Waals surface area contributed by atoms with Crippen molar-refractivity contribution in [3.05, 3.63) is 64.7 Å². The van der Waals surface area contributed by atoms with E-state index in [1.165, 1.54) is 0 Å². The van der Waals surface area contributed by atoms with Gasteiger partial charge in [0.15, 0.2) is 0 Å². The molecule has 0 radical (unpaired) electrons. The van der Waals surface area contributed by atoms with Crippen LogP contribution in [0.25, 0.3) is 0 Å². The smallest absolute Gasteiger partial charge is 0.255 e. The number of rotatable bonds is 4. The predicted octanol–water partition coefficient (Wildman–Crippen LogP) is 2.47. The van der Waals surface area contributed by atoms with Crippen molar-refractivity contribution in [1.82, 2.24) is 9.80 Å². The summed E-state index contributed by atoms with van der Waals surface area (Å²) in [5, 5.41) is 2.89. The number of piperazine rings is 1. The first-order chi connectivity index (χ1) is 13.0. The lowest BCUT2D eigenvalue weighted by molar-refractivity contribution is -0.119. The van der Waals surface area contributed by atoms with Crippen LogP contribution in [-0.2, 0) is 4.79 Å². The highest BCUT2D eigenvalue weighted by molar-refractivity contribution is 6.05. The first-order valence-electron chi connectivity index (χ1n) is 8.94. The van der Waals surface area contributed by atoms with Gasteiger partial charge in [-0.2, -0.15) is 0 Å². The normalized spacial score (nSPS) is 14.0. The van der Waals surface area contributed by atoms with Gasteiger partial charge in [0.1, 0.15) is 0 Å². The number of aryl methyl sites for hydroxylation is 2. The van der Waals surface area contributed by atoms with Crippen LogP contribution >= 0.6 is 0 Å². The maximum Gasteiger partial charge on any atom is 0.255 e. The van der Waals surface area contributed by atoms with Crippen molar-refractivity contribution in [2.24, 2.45) is 0 Å². The summed E-state index contributed by atoms with van der Waals surface area (Å²) in [6.45, 7) is 6.10. The molecule has 2 aromatic rings. The maximum atomic E-state index is 12.6. The van der Waals surface area contributed by atoms with E-state index in [9.17, 15) is 14.4 Å². The number of amides is 3. The number of anilines is 1. The molecule has 0 bridgehead atoms. The molecule has 1 heterocycles. The van der Waals surface area contributed by atoms with E-state index in [0.717, 1.165) is 23.2 Å². The highest BCUT2D eigenvalue weighted by atomic mass is 16.2. The zero-order valence-corrected chi connectivity index (χ0v) is 15.6. The fourth-order valence-corrected chi connectivity index (χ4v) is 3.23. The standard InChI is InChI=1S/C21H23N3O3/c1-15-11-16(2)13-19(12-15)22-20(26)17-3-5-18(6-4-17)21(27)24-9-7-23(14-25)8-10-24/h3-6,11-14H,7-10H2,1-2H3,(H,22,26). The van der Waals surface area contributed by atoms with E-state index in [1.54, 1.807) is 34.1 Å². The van der Waals surface area contributed by atoms with Crippen LogP contribution in [0.5, 0.6) is 0 Å². The van der Waals surface area contributed by atoms with Gasteiger partial charge < -0.3 is 15.1 Å². The monoisotopic (exact) mass is 365 g/mol. The number of carbonyl (C=O) groups is 3. The third-order valence-corrected chi connectivity index (χ3v) is 4.62. The lowest BCUT2D eigenvalue weighted by Crippen LogP contribution is -2.48. The number of benzene rings is 2. The van der Waals surface area contributed by atoms with Gasteiger partial charge in [0, 0.05) is 43.0 Å². The fourth-order valence-electron chi connectivity index (χ4n) is 3.23. The zero-order valence-electron chi connectivity index (χ0n) is 15.6. The van der Waals surface area contributed by atoms with Crippen LogP contribution in [0.1, 0.15) is 31.8 Å². The molecule has 3 amide bonds. The average Bonchev–Trinajstić information content (AvgIpc) is 2.67. The summed E-state index contributed by atoms with van der Waals surface area (Å²) in [5.41, 5.74) is 3.96. The maximum absolute atomic E-state index is 12.6. The van der Waals surface area contributed by atoms with Crippen molar-refractivity contribution in [3.63, 3.8) is 0 Å². The molecule has 2 aromatic carbocycles. The zero-order chi connectivity index (χ0) is 19.4. The molecule has 0 saturated carbocycles. The Labute approximate surface area is 158 Å². The summed E-state index contributed by atoms with van der Waals surface area (Å²) in [6.07, 6.45) is 0.810. The van der Waals surface area contributed by atoms with E-state index < -0.39 is 0 Å². The van der Waals surface area contributed by atoms with Gasteiger partial charge in [-0.05, 0) is 61.4 Å². The summed E-state index contributed by atoms with van der Waals surface area (Å²) in [6, 6.07) is 12.5. The molecule has 0 atom stereocenters. The van der Waals surface area contributed by atoms with Crippen LogP contribution in [-0.4, -0.2) is 54.2 Å². The summed E-state index contributed by atoms with van der Waals surface area (Å²) < 4.78 is 0. The number of nitrogens with zero attached hydrogens (tertiary/aromatic N) is 2. The largest absolute Gasteiger partial charge is 0.342 e. The Morgan fingerprint density at radius 2 is 1.44 bits per heavy atom. The van der Waals surface area contributed by atoms with Crippen LogP contribution < -0.4 is 5.32 Å². The molecular weight excluding hydrogens is 342 g/mol. The van der Waals surface area contributed by atoms with Gasteiger partial charge in [-0.15, -0.1) is 0 Å². The molecule has 1 N–H and O–H groups in total. The van der Waals surface area contributed by atoms with Crippen molar-refractivity contribution in [2.45, 2.75) is 13.8 Å². The Hall–Kier alpha value is -3.15. The molecule has 27 heavy (non-hydrogen) atoms. The van der Waals surface area contributed by atoms with Crippen molar-refractivity contribution in [2.75, 3.05) is 31.5 Å². The Balaban J connectivity index is 1.65. The molecular formula is C21H23N3O3. The molecule has 0 aliphatic carbocycles. The van der Waals surface area contributed by atoms with Gasteiger partial charge in [-0.3, -0.25) is 14.4 Å². The summed E-state index contributed by atoms with van der Waals surface area (Å²) in [5.74, 6) is -0.291. The van der Waals surface area contributed by atoms with Gasteiger partial charge in [-0.1, -0.05) is 6.07 Å². The van der Waals surface area contributed by atoms with Gasteiger partial charge in [0.05, 0.1) is 0 Å². The van der Waals surface area contributed by atoms with E-state index in [2.05, 4.69) is 5.32 Å². The molecule has 1 fully saturated rings. The van der Waals surface area contributed by atoms with Crippen molar-refractivity contribution < 1.29 is 14.4 Å². The third-order valence-electron chi connectivity index (χ3n) is 4.62. The minimum Gasteiger partial charge on any atom is -0.342 e. The summed E-state index contributed by atoms with van der Waals surface area (Å²) >= 11 is 0. The van der Waals surface area contributed by atoms with Gasteiger partial charge in [-0.25, -0.2) is 0 Å². The molecule has 1 aliphatic heterocycles. The number of hydrogen-bond acceptors (Lipinski definition) is 3. The van der Waals surface area contributed by atoms with E-state index in [0.29, 0.717) is 37.3 Å². The van der Waals surface area contributed by atoms with Gasteiger partial charge >= 0.3 is 0 Å². The van der Waals surface area contributed by atoms with Crippen LogP contribution in [0.15, 0.2) is 42.5 Å². The minimum absolute atomic E-state index is 0.0817. The van der Waals surface area contributed by atoms with Crippen molar-refractivity contribution in [1.29, 1.82) is 0 Å². The predicted molar refractivity (Wildman–Crippen MR) is 104 cm³/mol. The number of carbonyl (C=O) groups excluding carboxylic acids is 3. The third kappa shape index (κ3) is 4.53. The highest BCUT2D eigenvalue weighted by Gasteiger charge is 2.21. The van der Waals surface area contributed by atoms with Gasteiger partial charge in [0.2, 0.25) is 6.41 Å². The lowest BCUT2D eigenvalue weighted by Gasteiger charge is -2.32. The molecule has 6 heteroatoms. The van der Waals surface area contributed by atoms with E-state index in [4.69, 9.17) is 0 Å². The molecule has 0 unspecified atom stereocenters. The minimum atomic E-state index is -0.210. The SMILES string of the molecule is Cc1cc(C)cc(NC(=O)c2ccc(C(=O)N3CCN(C=O)CC3)cc2)c1. The molecule has 0 spiro atoms. The Kier molecular flexibility index (Phi) is 5.54. The Morgan fingerprint density at radius 3 is 2.00 bits per heavy atom. The van der Waals surface area contributed by atoms with Gasteiger partial charge in [0.25, 0.3) is 11.8 Å². The highest BCUT2D eigenvalue weighted by Crippen LogP contribution is 2.16. The summed E-state index contributed by atoms with van der Waals surface area (Å²) in [4.78, 5) is 39.1. The fraction of sp³-hybridized carbons (Fsp3) is 0.286. The first-order valence-corrected chi connectivity index (χ1v) is 8.94. The second-order valence-corrected chi connectivity index (χ2v) is 6.84. The van der Waals surface area contributed by atoms with Crippen LogP contribution in [0.4, 0.5) is 5.69 Å². The number of hydrogen-bond donors (Lipinski definition) is 1. The van der Waals surface area contributed by atoms with Crippen LogP contribution in [0, 0.1) is 13.8 Å². The molecule has 1 aliphatic rings. The lowest BCUT2D eigenvalue weighted by atomic mass is 10.1.